The smallest absolute Gasteiger partial charge is 0.328 e. The number of methoxy groups -OCH3 is 1. The van der Waals surface area contributed by atoms with Crippen molar-refractivity contribution >= 4 is 45.7 Å². The molecule has 20 heteroatoms. The molecule has 8 fully saturated rings. The molecule has 19 nitrogen and oxygen atoms in total. The van der Waals surface area contributed by atoms with Crippen molar-refractivity contribution in [3.05, 3.63) is 70.5 Å². The number of cyclic esters (lactones) is 1. The molecule has 14 rings (SSSR count). The predicted molar refractivity (Wildman–Crippen MR) is 296 cm³/mol. The van der Waals surface area contributed by atoms with Gasteiger partial charge in [0, 0.05) is 123 Å². The molecule has 7 bridgehead atoms. The van der Waals surface area contributed by atoms with Crippen molar-refractivity contribution < 1.29 is 42.5 Å². The summed E-state index contributed by atoms with van der Waals surface area (Å²) in [5, 5.41) is 8.73. The molecule has 0 radical (unpaired) electrons. The van der Waals surface area contributed by atoms with Gasteiger partial charge >= 0.3 is 5.97 Å². The summed E-state index contributed by atoms with van der Waals surface area (Å²) in [6.45, 7) is 17.3. The highest BCUT2D eigenvalue weighted by molar-refractivity contribution is 7.10. The lowest BCUT2D eigenvalue weighted by Crippen LogP contribution is -2.75. The average Bonchev–Trinajstić information content (AvgIpc) is 4.46. The van der Waals surface area contributed by atoms with Crippen LogP contribution in [0.25, 0.3) is 33.4 Å². The standard InChI is InChI=1S/C59H76N10O9S/c1-35-48(45-31-76-34-61-45)49(35)54(70)63-51-53(67-16-21-75-22-17-67)55-62-46(32-79-55)38-6-9-47-42(24-38)44(28-58(3,4)33-78-57(72)59-26-37(27-59)30-69(64-59)56(51)71)52(68(47)18-23-77-41-10-19-74-20-11-41)43-25-40(29-60-50(43)36(2)73-5)66-14-12-65(13-15-66)39-7-8-39/h6,9,24-25,29,31-32,34-37,39,41,48-49,51,53,64H,7-8,10-23,26-28,30,33H2,1-5H3,(H,63,70)/t35-,36-,37?,48-,49+,51-,53-,59?/m0/s1. The molecule has 1 aromatic carbocycles. The Morgan fingerprint density at radius 2 is 1.76 bits per heavy atom. The number of thiazole rings is 1. The first-order valence-electron chi connectivity index (χ1n) is 28.9. The Labute approximate surface area is 466 Å². The van der Waals surface area contributed by atoms with Crippen LogP contribution in [0.3, 0.4) is 0 Å². The van der Waals surface area contributed by atoms with Gasteiger partial charge in [0.25, 0.3) is 5.91 Å². The maximum Gasteiger partial charge on any atom is 0.328 e. The number of carbonyl (C=O) groups is 3. The van der Waals surface area contributed by atoms with Gasteiger partial charge in [-0.15, -0.1) is 11.3 Å². The van der Waals surface area contributed by atoms with Gasteiger partial charge < -0.3 is 42.9 Å². The minimum atomic E-state index is -1.09. The van der Waals surface area contributed by atoms with Crippen LogP contribution in [0.1, 0.15) is 106 Å². The Morgan fingerprint density at radius 3 is 2.51 bits per heavy atom. The Balaban J connectivity index is 0.951. The fraction of sp³-hybridized carbons (Fsp3) is 0.627. The second-order valence-electron chi connectivity index (χ2n) is 24.5. The first-order chi connectivity index (χ1) is 38.3. The molecule has 10 heterocycles. The van der Waals surface area contributed by atoms with Crippen LogP contribution >= 0.6 is 11.3 Å². The molecule has 3 aliphatic carbocycles. The molecule has 9 aliphatic rings. The molecule has 5 saturated heterocycles. The molecule has 422 valence electrons. The Bertz CT molecular complexity index is 3040. The molecule has 2 amide bonds. The van der Waals surface area contributed by atoms with Crippen molar-refractivity contribution in [2.45, 2.75) is 121 Å². The van der Waals surface area contributed by atoms with Crippen molar-refractivity contribution in [2.75, 3.05) is 97.5 Å². The highest BCUT2D eigenvalue weighted by atomic mass is 32.1. The van der Waals surface area contributed by atoms with E-state index in [1.807, 2.05) is 13.1 Å². The largest absolute Gasteiger partial charge is 0.464 e. The maximum absolute atomic E-state index is 15.5. The number of rotatable bonds is 13. The van der Waals surface area contributed by atoms with E-state index in [4.69, 9.17) is 38.1 Å². The molecule has 6 aliphatic heterocycles. The fourth-order valence-corrected chi connectivity index (χ4v) is 14.8. The molecule has 79 heavy (non-hydrogen) atoms. The van der Waals surface area contributed by atoms with Crippen LogP contribution in [-0.2, 0) is 51.0 Å². The van der Waals surface area contributed by atoms with Crippen LogP contribution < -0.4 is 15.6 Å². The van der Waals surface area contributed by atoms with Crippen molar-refractivity contribution in [1.29, 1.82) is 0 Å². The summed E-state index contributed by atoms with van der Waals surface area (Å²) in [7, 11) is 1.74. The number of carbonyl (C=O) groups excluding carboxylic acids is 3. The molecule has 3 saturated carbocycles. The number of amides is 2. The molecule has 6 atom stereocenters. The number of nitrogens with zero attached hydrogens (tertiary/aromatic N) is 8. The third kappa shape index (κ3) is 10.3. The fourth-order valence-electron chi connectivity index (χ4n) is 13.8. The summed E-state index contributed by atoms with van der Waals surface area (Å²) in [6, 6.07) is 7.98. The van der Waals surface area contributed by atoms with Crippen molar-refractivity contribution in [2.24, 2.45) is 23.2 Å². The second-order valence-corrected chi connectivity index (χ2v) is 25.3. The van der Waals surface area contributed by atoms with E-state index < -0.39 is 29.0 Å². The number of hydrogen-bond donors (Lipinski definition) is 2. The molecule has 4 aromatic heterocycles. The predicted octanol–water partition coefficient (Wildman–Crippen LogP) is 6.53. The van der Waals surface area contributed by atoms with E-state index in [9.17, 15) is 9.59 Å². The summed E-state index contributed by atoms with van der Waals surface area (Å²) in [5.41, 5.74) is 10.3. The number of oxazole rings is 1. The van der Waals surface area contributed by atoms with Crippen LogP contribution in [0, 0.1) is 23.2 Å². The number of esters is 1. The molecule has 0 unspecified atom stereocenters. The van der Waals surface area contributed by atoms with Gasteiger partial charge in [-0.1, -0.05) is 26.8 Å². The summed E-state index contributed by atoms with van der Waals surface area (Å²) < 4.78 is 38.7. The van der Waals surface area contributed by atoms with E-state index in [-0.39, 0.29) is 54.4 Å². The number of morpholine rings is 1. The number of pyridine rings is 1. The molecule has 1 spiro atoms. The zero-order chi connectivity index (χ0) is 54.2. The first-order valence-corrected chi connectivity index (χ1v) is 29.8. The van der Waals surface area contributed by atoms with E-state index >= 15 is 4.79 Å². The molecule has 5 aromatic rings. The van der Waals surface area contributed by atoms with E-state index in [2.05, 4.69) is 85.4 Å². The van der Waals surface area contributed by atoms with Crippen LogP contribution in [-0.4, -0.2) is 168 Å². The third-order valence-corrected chi connectivity index (χ3v) is 19.4. The average molecular weight is 1100 g/mol. The summed E-state index contributed by atoms with van der Waals surface area (Å²) >= 11 is 1.50. The number of piperazine rings is 1. The van der Waals surface area contributed by atoms with Gasteiger partial charge in [-0.05, 0) is 87.5 Å². The van der Waals surface area contributed by atoms with Crippen molar-refractivity contribution in [3.63, 3.8) is 0 Å². The maximum atomic E-state index is 15.5. The van der Waals surface area contributed by atoms with E-state index in [0.29, 0.717) is 83.5 Å². The number of nitrogens with one attached hydrogen (secondary N) is 2. The van der Waals surface area contributed by atoms with E-state index in [1.54, 1.807) is 18.4 Å². The van der Waals surface area contributed by atoms with Crippen LogP contribution in [0.2, 0.25) is 0 Å². The summed E-state index contributed by atoms with van der Waals surface area (Å²) in [5.74, 6) is -1.40. The number of fused-ring (bicyclic) bond motifs is 4. The Morgan fingerprint density at radius 1 is 0.975 bits per heavy atom. The summed E-state index contributed by atoms with van der Waals surface area (Å²) in [6.07, 6.45) is 10.8. The molecular formula is C59H76N10O9S. The van der Waals surface area contributed by atoms with Gasteiger partial charge in [-0.25, -0.2) is 20.2 Å². The van der Waals surface area contributed by atoms with Crippen molar-refractivity contribution in [3.8, 4) is 22.5 Å². The van der Waals surface area contributed by atoms with Crippen molar-refractivity contribution in [1.82, 2.24) is 45.1 Å². The zero-order valence-corrected chi connectivity index (χ0v) is 47.1. The number of benzene rings is 1. The second kappa shape index (κ2) is 21.5. The van der Waals surface area contributed by atoms with E-state index in [1.165, 1.54) is 30.6 Å². The molecular weight excluding hydrogens is 1020 g/mol. The Kier molecular flexibility index (Phi) is 14.5. The monoisotopic (exact) mass is 1100 g/mol. The van der Waals surface area contributed by atoms with Gasteiger partial charge in [-0.2, -0.15) is 0 Å². The van der Waals surface area contributed by atoms with Gasteiger partial charge in [0.05, 0.1) is 79.3 Å². The topological polar surface area (TPSA) is 191 Å². The lowest BCUT2D eigenvalue weighted by atomic mass is 9.66. The Hall–Kier alpha value is -5.32. The summed E-state index contributed by atoms with van der Waals surface area (Å²) in [4.78, 5) is 67.5. The zero-order valence-electron chi connectivity index (χ0n) is 46.3. The van der Waals surface area contributed by atoms with Gasteiger partial charge in [0.15, 0.2) is 6.39 Å². The van der Waals surface area contributed by atoms with Gasteiger partial charge in [-0.3, -0.25) is 29.4 Å². The minimum Gasteiger partial charge on any atom is -0.464 e. The van der Waals surface area contributed by atoms with Gasteiger partial charge in [0.1, 0.15) is 22.9 Å². The van der Waals surface area contributed by atoms with E-state index in [0.717, 1.165) is 101 Å². The highest BCUT2D eigenvalue weighted by Gasteiger charge is 2.59. The number of aromatic nitrogens is 4. The normalized spacial score (nSPS) is 29.2. The number of anilines is 1. The third-order valence-electron chi connectivity index (χ3n) is 18.5. The van der Waals surface area contributed by atoms with Crippen LogP contribution in [0.15, 0.2) is 52.9 Å². The number of ether oxygens (including phenoxy) is 5. The minimum absolute atomic E-state index is 0.00611. The SMILES string of the molecule is CO[C@@H](C)c1ncc(N2CCN(C3CC3)CC2)cc1-c1c2c3cc(ccc3n1CCOC1CCOCC1)-c1csc(n1)[C@@H](N1CCOCC1)[C@H](NC(=O)[C@@H]1[C@@H](C)[C@H]1c1cocn1)C(=O)N1CC3CC(C3)(N1)C(=O)OCC(C)(C)C2. The van der Waals surface area contributed by atoms with Crippen LogP contribution in [0.4, 0.5) is 5.69 Å². The van der Waals surface area contributed by atoms with Gasteiger partial charge in [0.2, 0.25) is 5.91 Å². The lowest BCUT2D eigenvalue weighted by Gasteiger charge is -2.55. The molecule has 2 N–H and O–H groups in total. The number of hydrogen-bond acceptors (Lipinski definition) is 17. The quantitative estimate of drug-likeness (QED) is 0.121. The van der Waals surface area contributed by atoms with Crippen LogP contribution in [0.5, 0.6) is 0 Å². The number of hydrazine groups is 1. The highest BCUT2D eigenvalue weighted by Crippen LogP contribution is 2.54. The lowest BCUT2D eigenvalue weighted by molar-refractivity contribution is -0.180. The first kappa shape index (κ1) is 53.0.